The quantitative estimate of drug-likeness (QED) is 0.759. The van der Waals surface area contributed by atoms with Gasteiger partial charge in [0, 0.05) is 19.0 Å². The van der Waals surface area contributed by atoms with E-state index in [0.717, 1.165) is 24.0 Å². The van der Waals surface area contributed by atoms with E-state index in [-0.39, 0.29) is 34.8 Å². The van der Waals surface area contributed by atoms with Gasteiger partial charge < -0.3 is 4.90 Å². The standard InChI is InChI=1S/C21H24FNO3S/c1-16-4-10-20(11-5-16)27(25,26)14-12-21(24)23-13-2-3-19(23)15-17-6-8-18(22)9-7-17/h4-11,19H,2-3,12-15H2,1H3. The lowest BCUT2D eigenvalue weighted by Gasteiger charge is -2.25. The van der Waals surface area contributed by atoms with Crippen LogP contribution in [0.2, 0.25) is 0 Å². The first-order valence-corrected chi connectivity index (χ1v) is 10.8. The van der Waals surface area contributed by atoms with Crippen LogP contribution < -0.4 is 0 Å². The maximum absolute atomic E-state index is 13.1. The summed E-state index contributed by atoms with van der Waals surface area (Å²) in [4.78, 5) is 14.7. The maximum Gasteiger partial charge on any atom is 0.223 e. The number of sulfone groups is 1. The van der Waals surface area contributed by atoms with Gasteiger partial charge in [-0.3, -0.25) is 4.79 Å². The molecule has 1 saturated heterocycles. The molecule has 0 radical (unpaired) electrons. The minimum atomic E-state index is -3.47. The molecule has 1 heterocycles. The molecule has 1 aliphatic heterocycles. The topological polar surface area (TPSA) is 54.5 Å². The zero-order chi connectivity index (χ0) is 19.4. The number of carbonyl (C=O) groups is 1. The predicted octanol–water partition coefficient (Wildman–Crippen LogP) is 3.53. The molecule has 3 rings (SSSR count). The van der Waals surface area contributed by atoms with Crippen molar-refractivity contribution in [3.63, 3.8) is 0 Å². The number of hydrogen-bond donors (Lipinski definition) is 0. The van der Waals surface area contributed by atoms with Crippen molar-refractivity contribution >= 4 is 15.7 Å². The summed E-state index contributed by atoms with van der Waals surface area (Å²) in [6, 6.07) is 13.0. The summed E-state index contributed by atoms with van der Waals surface area (Å²) in [5.41, 5.74) is 1.97. The van der Waals surface area contributed by atoms with Gasteiger partial charge in [-0.1, -0.05) is 29.8 Å². The second-order valence-electron chi connectivity index (χ2n) is 7.10. The van der Waals surface area contributed by atoms with Crippen LogP contribution in [0.25, 0.3) is 0 Å². The van der Waals surface area contributed by atoms with Crippen LogP contribution in [0.3, 0.4) is 0 Å². The van der Waals surface area contributed by atoms with Crippen molar-refractivity contribution in [2.45, 2.75) is 43.5 Å². The molecule has 0 bridgehead atoms. The second kappa shape index (κ2) is 8.21. The molecule has 1 fully saturated rings. The molecule has 0 spiro atoms. The van der Waals surface area contributed by atoms with Gasteiger partial charge in [0.15, 0.2) is 9.84 Å². The van der Waals surface area contributed by atoms with Crippen molar-refractivity contribution in [3.05, 3.63) is 65.5 Å². The fourth-order valence-corrected chi connectivity index (χ4v) is 4.73. The van der Waals surface area contributed by atoms with Crippen LogP contribution in [-0.2, 0) is 21.1 Å². The highest BCUT2D eigenvalue weighted by molar-refractivity contribution is 7.91. The highest BCUT2D eigenvalue weighted by Crippen LogP contribution is 2.23. The fraction of sp³-hybridized carbons (Fsp3) is 0.381. The Hall–Kier alpha value is -2.21. The minimum Gasteiger partial charge on any atom is -0.339 e. The number of benzene rings is 2. The van der Waals surface area contributed by atoms with Crippen molar-refractivity contribution in [2.75, 3.05) is 12.3 Å². The second-order valence-corrected chi connectivity index (χ2v) is 9.20. The Labute approximate surface area is 159 Å². The monoisotopic (exact) mass is 389 g/mol. The molecule has 1 aliphatic rings. The summed E-state index contributed by atoms with van der Waals surface area (Å²) in [7, 11) is -3.47. The van der Waals surface area contributed by atoms with Gasteiger partial charge in [-0.05, 0) is 56.0 Å². The van der Waals surface area contributed by atoms with E-state index in [1.54, 1.807) is 41.3 Å². The third kappa shape index (κ3) is 4.95. The normalized spacial score (nSPS) is 17.3. The highest BCUT2D eigenvalue weighted by atomic mass is 32.2. The van der Waals surface area contributed by atoms with Crippen molar-refractivity contribution < 1.29 is 17.6 Å². The van der Waals surface area contributed by atoms with Gasteiger partial charge in [-0.25, -0.2) is 12.8 Å². The van der Waals surface area contributed by atoms with Gasteiger partial charge in [0.2, 0.25) is 5.91 Å². The number of likely N-dealkylation sites (tertiary alicyclic amines) is 1. The van der Waals surface area contributed by atoms with Crippen molar-refractivity contribution in [3.8, 4) is 0 Å². The molecular weight excluding hydrogens is 365 g/mol. The van der Waals surface area contributed by atoms with Crippen LogP contribution in [0.4, 0.5) is 4.39 Å². The van der Waals surface area contributed by atoms with Gasteiger partial charge in [-0.2, -0.15) is 0 Å². The Morgan fingerprint density at radius 3 is 2.44 bits per heavy atom. The molecule has 27 heavy (non-hydrogen) atoms. The van der Waals surface area contributed by atoms with Crippen LogP contribution >= 0.6 is 0 Å². The third-order valence-corrected chi connectivity index (χ3v) is 6.78. The molecule has 0 aliphatic carbocycles. The molecule has 1 unspecified atom stereocenters. The molecule has 6 heteroatoms. The lowest BCUT2D eigenvalue weighted by Crippen LogP contribution is -2.37. The Kier molecular flexibility index (Phi) is 5.95. The van der Waals surface area contributed by atoms with E-state index in [0.29, 0.717) is 13.0 Å². The average Bonchev–Trinajstić information content (AvgIpc) is 3.10. The molecule has 0 saturated carbocycles. The number of aryl methyl sites for hydroxylation is 1. The van der Waals surface area contributed by atoms with Crippen LogP contribution in [0.1, 0.15) is 30.4 Å². The first kappa shape index (κ1) is 19.5. The Morgan fingerprint density at radius 1 is 1.11 bits per heavy atom. The van der Waals surface area contributed by atoms with Gasteiger partial charge in [0.1, 0.15) is 5.82 Å². The number of hydrogen-bond acceptors (Lipinski definition) is 3. The largest absolute Gasteiger partial charge is 0.339 e. The minimum absolute atomic E-state index is 0.0177. The summed E-state index contributed by atoms with van der Waals surface area (Å²) < 4.78 is 38.0. The van der Waals surface area contributed by atoms with E-state index < -0.39 is 9.84 Å². The SMILES string of the molecule is Cc1ccc(S(=O)(=O)CCC(=O)N2CCCC2Cc2ccc(F)cc2)cc1. The van der Waals surface area contributed by atoms with E-state index in [1.807, 2.05) is 6.92 Å². The molecule has 144 valence electrons. The zero-order valence-corrected chi connectivity index (χ0v) is 16.2. The summed E-state index contributed by atoms with van der Waals surface area (Å²) in [5, 5.41) is 0. The molecule has 1 amide bonds. The number of carbonyl (C=O) groups excluding carboxylic acids is 1. The van der Waals surface area contributed by atoms with Crippen LogP contribution in [0.5, 0.6) is 0 Å². The summed E-state index contributed by atoms with van der Waals surface area (Å²) in [6.45, 7) is 2.55. The van der Waals surface area contributed by atoms with Crippen molar-refractivity contribution in [2.24, 2.45) is 0 Å². The van der Waals surface area contributed by atoms with E-state index >= 15 is 0 Å². The molecule has 4 nitrogen and oxygen atoms in total. The Bertz CT molecular complexity index is 892. The Morgan fingerprint density at radius 2 is 1.78 bits per heavy atom. The zero-order valence-electron chi connectivity index (χ0n) is 15.4. The lowest BCUT2D eigenvalue weighted by molar-refractivity contribution is -0.131. The van der Waals surface area contributed by atoms with E-state index in [2.05, 4.69) is 0 Å². The van der Waals surface area contributed by atoms with Gasteiger partial charge >= 0.3 is 0 Å². The van der Waals surface area contributed by atoms with Gasteiger partial charge in [0.05, 0.1) is 10.6 Å². The number of nitrogens with zero attached hydrogens (tertiary/aromatic N) is 1. The highest BCUT2D eigenvalue weighted by Gasteiger charge is 2.29. The fourth-order valence-electron chi connectivity index (χ4n) is 3.50. The molecular formula is C21H24FNO3S. The van der Waals surface area contributed by atoms with Crippen LogP contribution in [-0.4, -0.2) is 37.6 Å². The van der Waals surface area contributed by atoms with E-state index in [1.165, 1.54) is 12.1 Å². The maximum atomic E-state index is 13.1. The van der Waals surface area contributed by atoms with Gasteiger partial charge in [-0.15, -0.1) is 0 Å². The molecule has 2 aromatic carbocycles. The molecule has 0 aromatic heterocycles. The van der Waals surface area contributed by atoms with E-state index in [9.17, 15) is 17.6 Å². The van der Waals surface area contributed by atoms with Crippen LogP contribution in [0.15, 0.2) is 53.4 Å². The number of halogens is 1. The predicted molar refractivity (Wildman–Crippen MR) is 103 cm³/mol. The molecule has 1 atom stereocenters. The first-order valence-electron chi connectivity index (χ1n) is 9.18. The van der Waals surface area contributed by atoms with Gasteiger partial charge in [0.25, 0.3) is 0 Å². The summed E-state index contributed by atoms with van der Waals surface area (Å²) in [5.74, 6) is -0.594. The molecule has 2 aromatic rings. The summed E-state index contributed by atoms with van der Waals surface area (Å²) >= 11 is 0. The average molecular weight is 389 g/mol. The van der Waals surface area contributed by atoms with Crippen molar-refractivity contribution in [1.29, 1.82) is 0 Å². The lowest BCUT2D eigenvalue weighted by atomic mass is 10.0. The molecule has 0 N–H and O–H groups in total. The Balaban J connectivity index is 1.61. The number of amides is 1. The van der Waals surface area contributed by atoms with Crippen LogP contribution in [0, 0.1) is 12.7 Å². The summed E-state index contributed by atoms with van der Waals surface area (Å²) in [6.07, 6.45) is 2.43. The van der Waals surface area contributed by atoms with Crippen molar-refractivity contribution in [1.82, 2.24) is 4.90 Å². The smallest absolute Gasteiger partial charge is 0.223 e. The number of rotatable bonds is 6. The van der Waals surface area contributed by atoms with E-state index in [4.69, 9.17) is 0 Å². The third-order valence-electron chi connectivity index (χ3n) is 5.05. The first-order chi connectivity index (χ1) is 12.8.